The minimum atomic E-state index is -5.58. The standard InChI is InChI=1S/C15H20F5N/c1-3-5-11-6-8-12(9-7-11)13(21-10-4-2)14(16,17)15(18,19)20/h6-9,13,21H,3-5,10H2,1-2H3. The highest BCUT2D eigenvalue weighted by Crippen LogP contribution is 2.44. The third-order valence-electron chi connectivity index (χ3n) is 3.19. The quantitative estimate of drug-likeness (QED) is 0.708. The van der Waals surface area contributed by atoms with Gasteiger partial charge in [0.1, 0.15) is 6.04 Å². The molecule has 0 bridgehead atoms. The largest absolute Gasteiger partial charge is 0.455 e. The van der Waals surface area contributed by atoms with Crippen molar-refractivity contribution in [2.75, 3.05) is 6.54 Å². The van der Waals surface area contributed by atoms with Crippen LogP contribution in [0.15, 0.2) is 24.3 Å². The van der Waals surface area contributed by atoms with Crippen molar-refractivity contribution >= 4 is 0 Å². The Kier molecular flexibility index (Phi) is 6.13. The predicted molar refractivity (Wildman–Crippen MR) is 72.5 cm³/mol. The van der Waals surface area contributed by atoms with E-state index in [0.717, 1.165) is 18.4 Å². The Hall–Kier alpha value is -1.17. The second-order valence-electron chi connectivity index (χ2n) is 5.00. The number of hydrogen-bond acceptors (Lipinski definition) is 1. The van der Waals surface area contributed by atoms with Crippen LogP contribution in [0.3, 0.4) is 0 Å². The first-order chi connectivity index (χ1) is 9.74. The molecule has 0 fully saturated rings. The van der Waals surface area contributed by atoms with Crippen LogP contribution in [-0.4, -0.2) is 18.6 Å². The summed E-state index contributed by atoms with van der Waals surface area (Å²) in [5, 5.41) is 2.31. The van der Waals surface area contributed by atoms with Crippen molar-refractivity contribution in [2.45, 2.75) is 51.3 Å². The topological polar surface area (TPSA) is 12.0 Å². The fraction of sp³-hybridized carbons (Fsp3) is 0.600. The number of hydrogen-bond donors (Lipinski definition) is 1. The first-order valence-corrected chi connectivity index (χ1v) is 7.00. The van der Waals surface area contributed by atoms with Crippen LogP contribution in [0, 0.1) is 0 Å². The van der Waals surface area contributed by atoms with Crippen molar-refractivity contribution in [3.63, 3.8) is 0 Å². The molecule has 0 aromatic heterocycles. The molecule has 0 heterocycles. The highest BCUT2D eigenvalue weighted by Gasteiger charge is 2.62. The van der Waals surface area contributed by atoms with E-state index in [4.69, 9.17) is 0 Å². The van der Waals surface area contributed by atoms with Crippen LogP contribution in [-0.2, 0) is 6.42 Å². The molecular formula is C15H20F5N. The third kappa shape index (κ3) is 4.40. The van der Waals surface area contributed by atoms with E-state index >= 15 is 0 Å². The third-order valence-corrected chi connectivity index (χ3v) is 3.19. The van der Waals surface area contributed by atoms with Crippen molar-refractivity contribution < 1.29 is 22.0 Å². The number of benzene rings is 1. The number of halogens is 5. The minimum absolute atomic E-state index is 0.0503. The summed E-state index contributed by atoms with van der Waals surface area (Å²) in [6.07, 6.45) is -3.46. The van der Waals surface area contributed by atoms with E-state index in [9.17, 15) is 22.0 Å². The molecule has 0 aliphatic heterocycles. The average molecular weight is 309 g/mol. The molecule has 21 heavy (non-hydrogen) atoms. The van der Waals surface area contributed by atoms with E-state index in [1.807, 2.05) is 6.92 Å². The highest BCUT2D eigenvalue weighted by molar-refractivity contribution is 5.27. The van der Waals surface area contributed by atoms with Gasteiger partial charge in [0.2, 0.25) is 0 Å². The molecule has 0 aliphatic rings. The van der Waals surface area contributed by atoms with E-state index in [1.54, 1.807) is 19.1 Å². The van der Waals surface area contributed by atoms with E-state index in [1.165, 1.54) is 12.1 Å². The molecule has 1 unspecified atom stereocenters. The number of rotatable bonds is 7. The fourth-order valence-electron chi connectivity index (χ4n) is 2.07. The van der Waals surface area contributed by atoms with Gasteiger partial charge in [-0.3, -0.25) is 0 Å². The molecule has 1 atom stereocenters. The van der Waals surface area contributed by atoms with E-state index in [-0.39, 0.29) is 12.1 Å². The molecule has 1 aromatic rings. The normalized spacial score (nSPS) is 14.2. The van der Waals surface area contributed by atoms with Gasteiger partial charge in [-0.15, -0.1) is 0 Å². The first kappa shape index (κ1) is 17.9. The van der Waals surface area contributed by atoms with Gasteiger partial charge in [0.25, 0.3) is 0 Å². The Morgan fingerprint density at radius 2 is 1.52 bits per heavy atom. The Morgan fingerprint density at radius 3 is 1.95 bits per heavy atom. The lowest BCUT2D eigenvalue weighted by Gasteiger charge is -2.30. The maximum atomic E-state index is 13.7. The lowest BCUT2D eigenvalue weighted by Crippen LogP contribution is -2.48. The second kappa shape index (κ2) is 7.20. The van der Waals surface area contributed by atoms with E-state index in [0.29, 0.717) is 6.42 Å². The zero-order valence-corrected chi connectivity index (χ0v) is 12.1. The molecular weight excluding hydrogens is 289 g/mol. The minimum Gasteiger partial charge on any atom is -0.305 e. The zero-order chi connectivity index (χ0) is 16.1. The molecule has 1 aromatic carbocycles. The summed E-state index contributed by atoms with van der Waals surface area (Å²) in [4.78, 5) is 0. The molecule has 6 heteroatoms. The second-order valence-corrected chi connectivity index (χ2v) is 5.00. The van der Waals surface area contributed by atoms with Gasteiger partial charge in [0, 0.05) is 0 Å². The predicted octanol–water partition coefficient (Wildman–Crippen LogP) is 4.88. The van der Waals surface area contributed by atoms with Gasteiger partial charge in [0.05, 0.1) is 0 Å². The Morgan fingerprint density at radius 1 is 0.952 bits per heavy atom. The van der Waals surface area contributed by atoms with E-state index in [2.05, 4.69) is 5.32 Å². The molecule has 1 rings (SSSR count). The molecule has 0 spiro atoms. The van der Waals surface area contributed by atoms with Crippen LogP contribution >= 0.6 is 0 Å². The van der Waals surface area contributed by atoms with Crippen molar-refractivity contribution in [3.8, 4) is 0 Å². The SMILES string of the molecule is CCCNC(c1ccc(CCC)cc1)C(F)(F)C(F)(F)F. The fourth-order valence-corrected chi connectivity index (χ4v) is 2.07. The summed E-state index contributed by atoms with van der Waals surface area (Å²) in [5.74, 6) is -4.81. The van der Waals surface area contributed by atoms with Crippen molar-refractivity contribution in [3.05, 3.63) is 35.4 Å². The molecule has 0 saturated heterocycles. The van der Waals surface area contributed by atoms with Gasteiger partial charge in [-0.2, -0.15) is 22.0 Å². The molecule has 0 radical (unpaired) electrons. The van der Waals surface area contributed by atoms with Gasteiger partial charge in [0.15, 0.2) is 0 Å². The Bertz CT molecular complexity index is 425. The van der Waals surface area contributed by atoms with Crippen LogP contribution in [0.5, 0.6) is 0 Å². The monoisotopic (exact) mass is 309 g/mol. The molecule has 1 N–H and O–H groups in total. The molecule has 0 aliphatic carbocycles. The van der Waals surface area contributed by atoms with Crippen LogP contribution in [0.4, 0.5) is 22.0 Å². The maximum Gasteiger partial charge on any atom is 0.455 e. The Balaban J connectivity index is 3.07. The summed E-state index contributed by atoms with van der Waals surface area (Å²) < 4.78 is 65.1. The first-order valence-electron chi connectivity index (χ1n) is 7.00. The lowest BCUT2D eigenvalue weighted by molar-refractivity contribution is -0.294. The summed E-state index contributed by atoms with van der Waals surface area (Å²) >= 11 is 0. The maximum absolute atomic E-state index is 13.7. The van der Waals surface area contributed by atoms with Crippen LogP contribution in [0.2, 0.25) is 0 Å². The highest BCUT2D eigenvalue weighted by atomic mass is 19.4. The van der Waals surface area contributed by atoms with E-state index < -0.39 is 18.1 Å². The number of alkyl halides is 5. The summed E-state index contributed by atoms with van der Waals surface area (Å²) in [6, 6.07) is 3.83. The van der Waals surface area contributed by atoms with Gasteiger partial charge >= 0.3 is 12.1 Å². The molecule has 0 saturated carbocycles. The zero-order valence-electron chi connectivity index (χ0n) is 12.1. The van der Waals surface area contributed by atoms with Crippen LogP contribution in [0.25, 0.3) is 0 Å². The van der Waals surface area contributed by atoms with Crippen molar-refractivity contribution in [1.82, 2.24) is 5.32 Å². The van der Waals surface area contributed by atoms with Crippen LogP contribution in [0.1, 0.15) is 43.9 Å². The van der Waals surface area contributed by atoms with Gasteiger partial charge < -0.3 is 5.32 Å². The van der Waals surface area contributed by atoms with Gasteiger partial charge in [-0.05, 0) is 30.5 Å². The van der Waals surface area contributed by atoms with Crippen LogP contribution < -0.4 is 5.32 Å². The van der Waals surface area contributed by atoms with Crippen molar-refractivity contribution in [1.29, 1.82) is 0 Å². The molecule has 1 nitrogen and oxygen atoms in total. The number of aryl methyl sites for hydroxylation is 1. The van der Waals surface area contributed by atoms with Gasteiger partial charge in [-0.25, -0.2) is 0 Å². The molecule has 120 valence electrons. The summed E-state index contributed by atoms with van der Waals surface area (Å²) in [6.45, 7) is 3.77. The Labute approximate surface area is 121 Å². The smallest absolute Gasteiger partial charge is 0.305 e. The average Bonchev–Trinajstić information content (AvgIpc) is 2.40. The molecule has 0 amide bonds. The van der Waals surface area contributed by atoms with Crippen molar-refractivity contribution in [2.24, 2.45) is 0 Å². The lowest BCUT2D eigenvalue weighted by atomic mass is 9.97. The number of nitrogens with one attached hydrogen (secondary N) is 1. The summed E-state index contributed by atoms with van der Waals surface area (Å²) in [5.41, 5.74) is 0.872. The van der Waals surface area contributed by atoms with Gasteiger partial charge in [-0.1, -0.05) is 44.5 Å². The summed E-state index contributed by atoms with van der Waals surface area (Å²) in [7, 11) is 0.